The molecule has 0 saturated heterocycles. The Morgan fingerprint density at radius 1 is 1.44 bits per heavy atom. The van der Waals surface area contributed by atoms with Crippen LogP contribution < -0.4 is 10.9 Å². The molecule has 0 amide bonds. The molecule has 6 heteroatoms. The smallest absolute Gasteiger partial charge is 0.293 e. The number of aryl methyl sites for hydroxylation is 2. The first-order chi connectivity index (χ1) is 7.66. The first kappa shape index (κ1) is 10.4. The van der Waals surface area contributed by atoms with E-state index in [1.165, 1.54) is 4.57 Å². The van der Waals surface area contributed by atoms with Gasteiger partial charge in [-0.25, -0.2) is 4.98 Å². The number of aromatic nitrogens is 4. The summed E-state index contributed by atoms with van der Waals surface area (Å²) in [6.07, 6.45) is 6.85. The van der Waals surface area contributed by atoms with Crippen molar-refractivity contribution < 1.29 is 0 Å². The van der Waals surface area contributed by atoms with Gasteiger partial charge in [0, 0.05) is 44.8 Å². The highest BCUT2D eigenvalue weighted by Crippen LogP contribution is 1.99. The topological polar surface area (TPSA) is 64.7 Å². The van der Waals surface area contributed by atoms with Crippen molar-refractivity contribution in [2.45, 2.75) is 6.54 Å². The van der Waals surface area contributed by atoms with E-state index in [-0.39, 0.29) is 5.56 Å². The Bertz CT molecular complexity index is 542. The highest BCUT2D eigenvalue weighted by Gasteiger charge is 2.02. The lowest BCUT2D eigenvalue weighted by Gasteiger charge is -2.03. The van der Waals surface area contributed by atoms with Gasteiger partial charge in [-0.15, -0.1) is 0 Å². The van der Waals surface area contributed by atoms with E-state index in [2.05, 4.69) is 15.4 Å². The largest absolute Gasteiger partial charge is 0.361 e. The summed E-state index contributed by atoms with van der Waals surface area (Å²) in [6, 6.07) is 0. The lowest BCUT2D eigenvalue weighted by Crippen LogP contribution is -2.21. The van der Waals surface area contributed by atoms with E-state index in [9.17, 15) is 4.79 Å². The van der Waals surface area contributed by atoms with Gasteiger partial charge in [-0.2, -0.15) is 5.10 Å². The van der Waals surface area contributed by atoms with Crippen LogP contribution >= 0.6 is 0 Å². The molecule has 2 aromatic heterocycles. The summed E-state index contributed by atoms with van der Waals surface area (Å²) in [7, 11) is 3.54. The molecule has 2 aromatic rings. The van der Waals surface area contributed by atoms with E-state index in [1.807, 2.05) is 13.2 Å². The Kier molecular flexibility index (Phi) is 2.72. The van der Waals surface area contributed by atoms with Crippen molar-refractivity contribution in [3.8, 4) is 0 Å². The third-order valence-corrected chi connectivity index (χ3v) is 2.24. The van der Waals surface area contributed by atoms with Gasteiger partial charge in [0.25, 0.3) is 5.56 Å². The van der Waals surface area contributed by atoms with E-state index >= 15 is 0 Å². The predicted octanol–water partition coefficient (Wildman–Crippen LogP) is 0.126. The molecule has 0 aliphatic rings. The van der Waals surface area contributed by atoms with Gasteiger partial charge in [0.05, 0.1) is 6.20 Å². The molecule has 84 valence electrons. The van der Waals surface area contributed by atoms with E-state index in [0.29, 0.717) is 12.4 Å². The summed E-state index contributed by atoms with van der Waals surface area (Å²) < 4.78 is 3.20. The Labute approximate surface area is 92.6 Å². The maximum absolute atomic E-state index is 11.6. The Morgan fingerprint density at radius 3 is 2.94 bits per heavy atom. The zero-order chi connectivity index (χ0) is 11.5. The molecule has 0 atom stereocenters. The fourth-order valence-corrected chi connectivity index (χ4v) is 1.37. The summed E-state index contributed by atoms with van der Waals surface area (Å²) in [4.78, 5) is 15.6. The fourth-order valence-electron chi connectivity index (χ4n) is 1.37. The first-order valence-electron chi connectivity index (χ1n) is 4.90. The minimum Gasteiger partial charge on any atom is -0.361 e. The highest BCUT2D eigenvalue weighted by atomic mass is 16.1. The maximum Gasteiger partial charge on any atom is 0.293 e. The van der Waals surface area contributed by atoms with Gasteiger partial charge in [-0.05, 0) is 0 Å². The molecule has 1 N–H and O–H groups in total. The van der Waals surface area contributed by atoms with Crippen LogP contribution in [0, 0.1) is 0 Å². The molecule has 0 spiro atoms. The number of nitrogens with one attached hydrogen (secondary N) is 1. The minimum absolute atomic E-state index is 0.133. The van der Waals surface area contributed by atoms with E-state index in [4.69, 9.17) is 0 Å². The van der Waals surface area contributed by atoms with Gasteiger partial charge in [-0.3, -0.25) is 9.48 Å². The van der Waals surface area contributed by atoms with Crippen LogP contribution in [-0.2, 0) is 20.6 Å². The van der Waals surface area contributed by atoms with Gasteiger partial charge in [-0.1, -0.05) is 0 Å². The van der Waals surface area contributed by atoms with E-state index in [1.54, 1.807) is 30.3 Å². The number of nitrogens with zero attached hydrogens (tertiary/aromatic N) is 4. The average molecular weight is 219 g/mol. The zero-order valence-electron chi connectivity index (χ0n) is 9.21. The molecule has 2 heterocycles. The van der Waals surface area contributed by atoms with Crippen molar-refractivity contribution in [1.29, 1.82) is 0 Å². The number of hydrogen-bond acceptors (Lipinski definition) is 4. The number of rotatable bonds is 3. The molecule has 0 unspecified atom stereocenters. The van der Waals surface area contributed by atoms with Crippen molar-refractivity contribution >= 4 is 5.82 Å². The molecule has 2 rings (SSSR count). The summed E-state index contributed by atoms with van der Waals surface area (Å²) in [6.45, 7) is 0.542. The molecular formula is C10H13N5O. The van der Waals surface area contributed by atoms with Crippen molar-refractivity contribution in [3.63, 3.8) is 0 Å². The maximum atomic E-state index is 11.6. The van der Waals surface area contributed by atoms with Crippen LogP contribution in [0.15, 0.2) is 29.6 Å². The fraction of sp³-hybridized carbons (Fsp3) is 0.300. The summed E-state index contributed by atoms with van der Waals surface area (Å²) in [5.41, 5.74) is 0.876. The molecule has 6 nitrogen and oxygen atoms in total. The molecule has 0 aliphatic carbocycles. The third-order valence-electron chi connectivity index (χ3n) is 2.24. The Morgan fingerprint density at radius 2 is 2.25 bits per heavy atom. The second-order valence-corrected chi connectivity index (χ2v) is 3.57. The van der Waals surface area contributed by atoms with Gasteiger partial charge in [0.1, 0.15) is 0 Å². The summed E-state index contributed by atoms with van der Waals surface area (Å²) in [5.74, 6) is 0.355. The van der Waals surface area contributed by atoms with Crippen LogP contribution in [0.25, 0.3) is 0 Å². The normalized spacial score (nSPS) is 10.4. The van der Waals surface area contributed by atoms with Gasteiger partial charge < -0.3 is 9.88 Å². The van der Waals surface area contributed by atoms with Gasteiger partial charge in [0.15, 0.2) is 5.82 Å². The molecule has 0 radical (unpaired) electrons. The quantitative estimate of drug-likeness (QED) is 0.796. The monoisotopic (exact) mass is 219 g/mol. The van der Waals surface area contributed by atoms with Crippen molar-refractivity contribution in [2.24, 2.45) is 14.1 Å². The Balaban J connectivity index is 2.11. The lowest BCUT2D eigenvalue weighted by atomic mass is 10.3. The zero-order valence-corrected chi connectivity index (χ0v) is 9.21. The standard InChI is InChI=1S/C10H13N5O/c1-14-4-3-11-9(10(14)16)12-5-8-6-13-15(2)7-8/h3-4,6-7H,5H2,1-2H3,(H,11,12). The van der Waals surface area contributed by atoms with Crippen molar-refractivity contribution in [1.82, 2.24) is 19.3 Å². The van der Waals surface area contributed by atoms with E-state index in [0.717, 1.165) is 5.56 Å². The number of anilines is 1. The van der Waals surface area contributed by atoms with Crippen LogP contribution in [0.5, 0.6) is 0 Å². The van der Waals surface area contributed by atoms with Crippen molar-refractivity contribution in [2.75, 3.05) is 5.32 Å². The molecule has 0 aliphatic heterocycles. The number of hydrogen-bond donors (Lipinski definition) is 1. The Hall–Kier alpha value is -2.11. The van der Waals surface area contributed by atoms with Crippen LogP contribution in [0.3, 0.4) is 0 Å². The van der Waals surface area contributed by atoms with Crippen LogP contribution in [-0.4, -0.2) is 19.3 Å². The van der Waals surface area contributed by atoms with Crippen LogP contribution in [0.1, 0.15) is 5.56 Å². The molecule has 0 fully saturated rings. The van der Waals surface area contributed by atoms with Crippen molar-refractivity contribution in [3.05, 3.63) is 40.7 Å². The average Bonchev–Trinajstić information content (AvgIpc) is 2.67. The second kappa shape index (κ2) is 4.18. The SMILES string of the molecule is Cn1cc(CNc2nccn(C)c2=O)cn1. The van der Waals surface area contributed by atoms with Crippen LogP contribution in [0.4, 0.5) is 5.82 Å². The molecule has 0 bridgehead atoms. The predicted molar refractivity (Wildman–Crippen MR) is 60.0 cm³/mol. The third kappa shape index (κ3) is 2.10. The summed E-state index contributed by atoms with van der Waals surface area (Å²) >= 11 is 0. The summed E-state index contributed by atoms with van der Waals surface area (Å²) in [5, 5.41) is 7.03. The molecule has 16 heavy (non-hydrogen) atoms. The highest BCUT2D eigenvalue weighted by molar-refractivity contribution is 5.31. The van der Waals surface area contributed by atoms with Gasteiger partial charge >= 0.3 is 0 Å². The lowest BCUT2D eigenvalue weighted by molar-refractivity contribution is 0.767. The van der Waals surface area contributed by atoms with Crippen LogP contribution in [0.2, 0.25) is 0 Å². The minimum atomic E-state index is -0.133. The molecular weight excluding hydrogens is 206 g/mol. The second-order valence-electron chi connectivity index (χ2n) is 3.57. The van der Waals surface area contributed by atoms with Gasteiger partial charge in [0.2, 0.25) is 0 Å². The van der Waals surface area contributed by atoms with E-state index < -0.39 is 0 Å². The first-order valence-corrected chi connectivity index (χ1v) is 4.90. The molecule has 0 saturated carbocycles. The molecule has 0 aromatic carbocycles.